The molecular formula is C28H24N2O4. The molecule has 2 aromatic heterocycles. The molecule has 6 nitrogen and oxygen atoms in total. The average Bonchev–Trinajstić information content (AvgIpc) is 3.25. The number of aromatic carboxylic acids is 1. The van der Waals surface area contributed by atoms with Gasteiger partial charge in [-0.2, -0.15) is 0 Å². The Balaban J connectivity index is 1.57. The Hall–Kier alpha value is -4.32. The molecule has 0 aliphatic carbocycles. The van der Waals surface area contributed by atoms with E-state index in [0.29, 0.717) is 23.0 Å². The molecular weight excluding hydrogens is 428 g/mol. The summed E-state index contributed by atoms with van der Waals surface area (Å²) in [5, 5.41) is 13.8. The molecule has 2 aromatic carbocycles. The molecule has 6 heteroatoms. The van der Waals surface area contributed by atoms with Gasteiger partial charge < -0.3 is 19.6 Å². The number of nitrogens with zero attached hydrogens (tertiary/aromatic N) is 1. The fourth-order valence-corrected chi connectivity index (χ4v) is 4.32. The van der Waals surface area contributed by atoms with Crippen molar-refractivity contribution >= 4 is 34.0 Å². The summed E-state index contributed by atoms with van der Waals surface area (Å²) in [5.41, 5.74) is 6.12. The van der Waals surface area contributed by atoms with Crippen molar-refractivity contribution in [1.82, 2.24) is 4.98 Å². The number of anilines is 1. The lowest BCUT2D eigenvalue weighted by molar-refractivity contribution is 0.0698. The molecule has 4 aromatic rings. The van der Waals surface area contributed by atoms with E-state index < -0.39 is 5.97 Å². The van der Waals surface area contributed by atoms with E-state index in [1.54, 1.807) is 30.6 Å². The number of hydrogen-bond donors (Lipinski definition) is 2. The van der Waals surface area contributed by atoms with Gasteiger partial charge in [0.2, 0.25) is 0 Å². The Labute approximate surface area is 197 Å². The molecule has 0 bridgehead atoms. The zero-order valence-corrected chi connectivity index (χ0v) is 19.2. The minimum Gasteiger partial charge on any atom is -0.478 e. The summed E-state index contributed by atoms with van der Waals surface area (Å²) >= 11 is 0. The van der Waals surface area contributed by atoms with Crippen LogP contribution in [-0.4, -0.2) is 16.1 Å². The van der Waals surface area contributed by atoms with Gasteiger partial charge in [0.25, 0.3) is 0 Å². The van der Waals surface area contributed by atoms with E-state index >= 15 is 0 Å². The molecule has 1 aliphatic rings. The standard InChI is InChI=1S/C28H24N2O4/c1-15-11-21-16(2)17(3)26(25-13-19-14-29-10-9-24(19)33-25)34-27(21)22(12-15)18(4)30-23-8-6-5-7-20(23)28(31)32/h5-14,18,30H,2H2,1,3-4H3,(H,31,32). The molecule has 1 unspecified atom stereocenters. The lowest BCUT2D eigenvalue weighted by atomic mass is 9.90. The van der Waals surface area contributed by atoms with Gasteiger partial charge in [-0.25, -0.2) is 4.79 Å². The van der Waals surface area contributed by atoms with Crippen LogP contribution < -0.4 is 10.1 Å². The molecule has 5 rings (SSSR count). The van der Waals surface area contributed by atoms with E-state index in [4.69, 9.17) is 9.15 Å². The van der Waals surface area contributed by atoms with Crippen molar-refractivity contribution in [3.63, 3.8) is 0 Å². The normalized spacial score (nSPS) is 14.0. The average molecular weight is 453 g/mol. The van der Waals surface area contributed by atoms with Crippen molar-refractivity contribution in [3.05, 3.63) is 101 Å². The molecule has 3 heterocycles. The molecule has 1 aliphatic heterocycles. The van der Waals surface area contributed by atoms with Crippen molar-refractivity contribution in [3.8, 4) is 5.75 Å². The van der Waals surface area contributed by atoms with E-state index in [-0.39, 0.29) is 11.6 Å². The Morgan fingerprint density at radius 2 is 1.94 bits per heavy atom. The molecule has 34 heavy (non-hydrogen) atoms. The summed E-state index contributed by atoms with van der Waals surface area (Å²) in [6.07, 6.45) is 3.44. The number of pyridine rings is 1. The van der Waals surface area contributed by atoms with Crippen molar-refractivity contribution in [2.24, 2.45) is 0 Å². The lowest BCUT2D eigenvalue weighted by Crippen LogP contribution is -2.15. The van der Waals surface area contributed by atoms with E-state index in [2.05, 4.69) is 22.9 Å². The number of para-hydroxylation sites is 1. The first kappa shape index (κ1) is 21.5. The van der Waals surface area contributed by atoms with Crippen molar-refractivity contribution < 1.29 is 19.1 Å². The zero-order chi connectivity index (χ0) is 24.0. The number of carbonyl (C=O) groups is 1. The van der Waals surface area contributed by atoms with Gasteiger partial charge in [0.1, 0.15) is 11.3 Å². The van der Waals surface area contributed by atoms with E-state index in [9.17, 15) is 9.90 Å². The molecule has 170 valence electrons. The first-order chi connectivity index (χ1) is 16.3. The van der Waals surface area contributed by atoms with Gasteiger partial charge in [-0.05, 0) is 62.2 Å². The number of nitrogens with one attached hydrogen (secondary N) is 1. The number of fused-ring (bicyclic) bond motifs is 2. The van der Waals surface area contributed by atoms with Crippen LogP contribution in [0.1, 0.15) is 52.7 Å². The quantitative estimate of drug-likeness (QED) is 0.345. The van der Waals surface area contributed by atoms with Crippen LogP contribution in [0.3, 0.4) is 0 Å². The molecule has 1 atom stereocenters. The predicted molar refractivity (Wildman–Crippen MR) is 133 cm³/mol. The molecule has 0 spiro atoms. The number of aromatic nitrogens is 1. The number of benzene rings is 2. The van der Waals surface area contributed by atoms with Crippen LogP contribution in [0.4, 0.5) is 5.69 Å². The second-order valence-electron chi connectivity index (χ2n) is 8.51. The topological polar surface area (TPSA) is 84.6 Å². The number of hydrogen-bond acceptors (Lipinski definition) is 5. The SMILES string of the molecule is C=C1C(C)=C(c2cc3cnccc3o2)Oc2c1cc(C)cc2C(C)Nc1ccccc1C(=O)O. The second kappa shape index (κ2) is 8.23. The number of allylic oxidation sites excluding steroid dienone is 2. The van der Waals surface area contributed by atoms with Crippen LogP contribution in [0.25, 0.3) is 22.3 Å². The molecule has 0 saturated carbocycles. The number of rotatable bonds is 5. The summed E-state index contributed by atoms with van der Waals surface area (Å²) in [7, 11) is 0. The highest BCUT2D eigenvalue weighted by molar-refractivity contribution is 5.95. The van der Waals surface area contributed by atoms with Crippen molar-refractivity contribution in [1.29, 1.82) is 0 Å². The smallest absolute Gasteiger partial charge is 0.337 e. The first-order valence-electron chi connectivity index (χ1n) is 11.0. The number of ether oxygens (including phenoxy) is 1. The lowest BCUT2D eigenvalue weighted by Gasteiger charge is -2.28. The van der Waals surface area contributed by atoms with Crippen LogP contribution in [0.5, 0.6) is 5.75 Å². The fraction of sp³-hybridized carbons (Fsp3) is 0.143. The summed E-state index contributed by atoms with van der Waals surface area (Å²) < 4.78 is 12.6. The summed E-state index contributed by atoms with van der Waals surface area (Å²) in [6, 6.07) is 14.5. The van der Waals surface area contributed by atoms with E-state index in [1.807, 2.05) is 45.0 Å². The number of furan rings is 1. The summed E-state index contributed by atoms with van der Waals surface area (Å²) in [6.45, 7) is 10.3. The third-order valence-corrected chi connectivity index (χ3v) is 6.12. The second-order valence-corrected chi connectivity index (χ2v) is 8.51. The largest absolute Gasteiger partial charge is 0.478 e. The Bertz CT molecular complexity index is 1460. The number of carboxylic acid groups (broad SMARTS) is 1. The number of aryl methyl sites for hydroxylation is 1. The predicted octanol–water partition coefficient (Wildman–Crippen LogP) is 6.84. The van der Waals surface area contributed by atoms with Crippen molar-refractivity contribution in [2.45, 2.75) is 26.8 Å². The highest BCUT2D eigenvalue weighted by atomic mass is 16.5. The van der Waals surface area contributed by atoms with Gasteiger partial charge in [0.15, 0.2) is 11.5 Å². The first-order valence-corrected chi connectivity index (χ1v) is 11.0. The maximum Gasteiger partial charge on any atom is 0.337 e. The van der Waals surface area contributed by atoms with E-state index in [0.717, 1.165) is 38.8 Å². The van der Waals surface area contributed by atoms with Crippen LogP contribution in [0.2, 0.25) is 0 Å². The highest BCUT2D eigenvalue weighted by Gasteiger charge is 2.28. The molecule has 0 saturated heterocycles. The molecule has 0 radical (unpaired) electrons. The van der Waals surface area contributed by atoms with Gasteiger partial charge in [-0.15, -0.1) is 0 Å². The Kier molecular flexibility index (Phi) is 5.21. The van der Waals surface area contributed by atoms with Crippen LogP contribution in [0, 0.1) is 6.92 Å². The van der Waals surface area contributed by atoms with Gasteiger partial charge in [0.05, 0.1) is 11.6 Å². The molecule has 0 fully saturated rings. The number of carboxylic acids is 1. The minimum absolute atomic E-state index is 0.216. The van der Waals surface area contributed by atoms with Crippen LogP contribution in [-0.2, 0) is 0 Å². The van der Waals surface area contributed by atoms with Gasteiger partial charge in [-0.3, -0.25) is 4.98 Å². The Morgan fingerprint density at radius 3 is 2.71 bits per heavy atom. The third kappa shape index (κ3) is 3.63. The summed E-state index contributed by atoms with van der Waals surface area (Å²) in [4.78, 5) is 15.8. The highest BCUT2D eigenvalue weighted by Crippen LogP contribution is 2.46. The zero-order valence-electron chi connectivity index (χ0n) is 19.2. The van der Waals surface area contributed by atoms with Crippen LogP contribution >= 0.6 is 0 Å². The van der Waals surface area contributed by atoms with Crippen LogP contribution in [0.15, 0.2) is 77.5 Å². The maximum atomic E-state index is 11.7. The van der Waals surface area contributed by atoms with E-state index in [1.165, 1.54) is 0 Å². The fourth-order valence-electron chi connectivity index (χ4n) is 4.32. The van der Waals surface area contributed by atoms with Crippen molar-refractivity contribution in [2.75, 3.05) is 5.32 Å². The monoisotopic (exact) mass is 452 g/mol. The van der Waals surface area contributed by atoms with Gasteiger partial charge >= 0.3 is 5.97 Å². The third-order valence-electron chi connectivity index (χ3n) is 6.12. The van der Waals surface area contributed by atoms with Gasteiger partial charge in [-0.1, -0.05) is 24.8 Å². The minimum atomic E-state index is -0.980. The summed E-state index contributed by atoms with van der Waals surface area (Å²) in [5.74, 6) is 0.918. The molecule has 0 amide bonds. The maximum absolute atomic E-state index is 11.7. The van der Waals surface area contributed by atoms with Gasteiger partial charge in [0, 0.05) is 40.2 Å². The molecule has 2 N–H and O–H groups in total. The Morgan fingerprint density at radius 1 is 1.15 bits per heavy atom.